The topological polar surface area (TPSA) is 98.1 Å². The zero-order valence-electron chi connectivity index (χ0n) is 8.97. The minimum Gasteiger partial charge on any atom is -0.462 e. The molecule has 2 rings (SSSR count). The molecular weight excluding hydrogens is 226 g/mol. The van der Waals surface area contributed by atoms with E-state index in [1.807, 2.05) is 0 Å². The van der Waals surface area contributed by atoms with Crippen LogP contribution < -0.4 is 0 Å². The molecule has 0 unspecified atom stereocenters. The summed E-state index contributed by atoms with van der Waals surface area (Å²) in [5, 5.41) is 11.0. The number of fused-ring (bicyclic) bond motifs is 1. The van der Waals surface area contributed by atoms with E-state index < -0.39 is 10.9 Å². The minimum absolute atomic E-state index is 0.0866. The van der Waals surface area contributed by atoms with Gasteiger partial charge in [-0.2, -0.15) is 0 Å². The zero-order valence-corrected chi connectivity index (χ0v) is 8.97. The molecule has 2 aromatic rings. The van der Waals surface area contributed by atoms with Gasteiger partial charge in [-0.25, -0.2) is 9.78 Å². The van der Waals surface area contributed by atoms with Gasteiger partial charge in [0, 0.05) is 0 Å². The van der Waals surface area contributed by atoms with E-state index in [1.54, 1.807) is 13.0 Å². The third-order valence-corrected chi connectivity index (χ3v) is 2.24. The van der Waals surface area contributed by atoms with E-state index in [4.69, 9.17) is 4.74 Å². The van der Waals surface area contributed by atoms with Crippen molar-refractivity contribution in [3.63, 3.8) is 0 Å². The molecule has 0 aliphatic heterocycles. The third-order valence-electron chi connectivity index (χ3n) is 2.24. The number of nitrogens with one attached hydrogen (secondary N) is 1. The van der Waals surface area contributed by atoms with Crippen molar-refractivity contribution in [1.29, 1.82) is 0 Å². The second-order valence-corrected chi connectivity index (χ2v) is 3.24. The van der Waals surface area contributed by atoms with Gasteiger partial charge in [0.05, 0.1) is 23.4 Å². The third kappa shape index (κ3) is 1.82. The van der Waals surface area contributed by atoms with Crippen molar-refractivity contribution in [2.24, 2.45) is 0 Å². The molecule has 0 saturated carbocycles. The summed E-state index contributed by atoms with van der Waals surface area (Å²) in [4.78, 5) is 28.5. The number of carbonyl (C=O) groups is 1. The maximum absolute atomic E-state index is 11.6. The first kappa shape index (κ1) is 11.1. The first-order valence-corrected chi connectivity index (χ1v) is 4.92. The van der Waals surface area contributed by atoms with E-state index in [0.29, 0.717) is 5.52 Å². The number of benzene rings is 1. The Labute approximate surface area is 95.6 Å². The Morgan fingerprint density at radius 2 is 2.35 bits per heavy atom. The lowest BCUT2D eigenvalue weighted by Crippen LogP contribution is -2.08. The number of hydrogen-bond donors (Lipinski definition) is 1. The van der Waals surface area contributed by atoms with Gasteiger partial charge in [-0.05, 0) is 19.1 Å². The average Bonchev–Trinajstić information content (AvgIpc) is 2.75. The van der Waals surface area contributed by atoms with E-state index >= 15 is 0 Å². The molecule has 0 saturated heterocycles. The predicted molar refractivity (Wildman–Crippen MR) is 58.7 cm³/mol. The number of nitro groups is 1. The van der Waals surface area contributed by atoms with Crippen LogP contribution in [0.3, 0.4) is 0 Å². The average molecular weight is 235 g/mol. The minimum atomic E-state index is -0.718. The van der Waals surface area contributed by atoms with Crippen LogP contribution in [0.25, 0.3) is 11.0 Å². The molecule has 1 aromatic carbocycles. The molecule has 1 aromatic heterocycles. The van der Waals surface area contributed by atoms with E-state index in [2.05, 4.69) is 9.97 Å². The van der Waals surface area contributed by atoms with Crippen molar-refractivity contribution < 1.29 is 14.5 Å². The van der Waals surface area contributed by atoms with E-state index in [9.17, 15) is 14.9 Å². The van der Waals surface area contributed by atoms with Gasteiger partial charge in [0.1, 0.15) is 5.56 Å². The molecule has 0 aliphatic rings. The van der Waals surface area contributed by atoms with Crippen LogP contribution >= 0.6 is 0 Å². The van der Waals surface area contributed by atoms with Crippen molar-refractivity contribution in [1.82, 2.24) is 9.97 Å². The number of nitrogens with zero attached hydrogens (tertiary/aromatic N) is 2. The number of esters is 1. The highest BCUT2D eigenvalue weighted by Gasteiger charge is 2.25. The fourth-order valence-electron chi connectivity index (χ4n) is 1.55. The molecule has 0 spiro atoms. The van der Waals surface area contributed by atoms with Gasteiger partial charge in [0.2, 0.25) is 0 Å². The van der Waals surface area contributed by atoms with Crippen LogP contribution in [0.5, 0.6) is 0 Å². The zero-order chi connectivity index (χ0) is 12.4. The molecule has 1 N–H and O–H groups in total. The standard InChI is InChI=1S/C10H9N3O4/c1-2-17-10(14)6-3-4-7-8(12-5-11-7)9(6)13(15)16/h3-5H,2H2,1H3,(H,11,12). The number of aromatic nitrogens is 2. The Kier molecular flexibility index (Phi) is 2.73. The summed E-state index contributed by atoms with van der Waals surface area (Å²) in [6, 6.07) is 2.91. The fraction of sp³-hybridized carbons (Fsp3) is 0.200. The van der Waals surface area contributed by atoms with Crippen LogP contribution in [0.4, 0.5) is 5.69 Å². The van der Waals surface area contributed by atoms with Crippen LogP contribution in [0.1, 0.15) is 17.3 Å². The molecule has 17 heavy (non-hydrogen) atoms. The quantitative estimate of drug-likeness (QED) is 0.495. The normalized spacial score (nSPS) is 10.4. The number of H-pyrrole nitrogens is 1. The van der Waals surface area contributed by atoms with E-state index in [1.165, 1.54) is 12.4 Å². The maximum atomic E-state index is 11.6. The van der Waals surface area contributed by atoms with Gasteiger partial charge in [-0.1, -0.05) is 0 Å². The summed E-state index contributed by atoms with van der Waals surface area (Å²) in [5.74, 6) is -0.718. The second-order valence-electron chi connectivity index (χ2n) is 3.24. The van der Waals surface area contributed by atoms with E-state index in [0.717, 1.165) is 0 Å². The van der Waals surface area contributed by atoms with Crippen molar-refractivity contribution in [2.75, 3.05) is 6.61 Å². The van der Waals surface area contributed by atoms with Crippen LogP contribution in [0.15, 0.2) is 18.5 Å². The Bertz CT molecular complexity index is 590. The molecule has 0 aliphatic carbocycles. The van der Waals surface area contributed by atoms with Gasteiger partial charge in [-0.3, -0.25) is 10.1 Å². The monoisotopic (exact) mass is 235 g/mol. The summed E-state index contributed by atoms with van der Waals surface area (Å²) < 4.78 is 4.76. The second kappa shape index (κ2) is 4.20. The lowest BCUT2D eigenvalue weighted by Gasteiger charge is -2.02. The van der Waals surface area contributed by atoms with Crippen LogP contribution in [0.2, 0.25) is 0 Å². The molecule has 7 nitrogen and oxygen atoms in total. The number of carbonyl (C=O) groups excluding carboxylic acids is 1. The van der Waals surface area contributed by atoms with Crippen molar-refractivity contribution in [2.45, 2.75) is 6.92 Å². The van der Waals surface area contributed by atoms with Gasteiger partial charge in [0.25, 0.3) is 0 Å². The molecule has 0 radical (unpaired) electrons. The lowest BCUT2D eigenvalue weighted by molar-refractivity contribution is -0.383. The van der Waals surface area contributed by atoms with Crippen molar-refractivity contribution in [3.8, 4) is 0 Å². The number of aromatic amines is 1. The largest absolute Gasteiger partial charge is 0.462 e. The highest BCUT2D eigenvalue weighted by atomic mass is 16.6. The molecular formula is C10H9N3O4. The van der Waals surface area contributed by atoms with Crippen LogP contribution in [0, 0.1) is 10.1 Å². The van der Waals surface area contributed by atoms with Gasteiger partial charge in [0.15, 0.2) is 5.52 Å². The van der Waals surface area contributed by atoms with Gasteiger partial charge >= 0.3 is 11.7 Å². The SMILES string of the molecule is CCOC(=O)c1ccc2[nH]cnc2c1[N+](=O)[O-]. The Morgan fingerprint density at radius 1 is 1.59 bits per heavy atom. The summed E-state index contributed by atoms with van der Waals surface area (Å²) >= 11 is 0. The van der Waals surface area contributed by atoms with Gasteiger partial charge < -0.3 is 9.72 Å². The lowest BCUT2D eigenvalue weighted by atomic mass is 10.1. The Balaban J connectivity index is 2.66. The molecule has 0 bridgehead atoms. The van der Waals surface area contributed by atoms with Crippen LogP contribution in [-0.4, -0.2) is 27.5 Å². The number of hydrogen-bond acceptors (Lipinski definition) is 5. The van der Waals surface area contributed by atoms with Gasteiger partial charge in [-0.15, -0.1) is 0 Å². The molecule has 88 valence electrons. The molecule has 7 heteroatoms. The molecule has 0 fully saturated rings. The predicted octanol–water partition coefficient (Wildman–Crippen LogP) is 1.65. The smallest absolute Gasteiger partial charge is 0.345 e. The van der Waals surface area contributed by atoms with Crippen molar-refractivity contribution >= 4 is 22.7 Å². The molecule has 0 atom stereocenters. The first-order chi connectivity index (χ1) is 8.15. The summed E-state index contributed by atoms with van der Waals surface area (Å²) in [7, 11) is 0. The summed E-state index contributed by atoms with van der Waals surface area (Å²) in [5.41, 5.74) is 0.240. The van der Waals surface area contributed by atoms with E-state index in [-0.39, 0.29) is 23.4 Å². The number of rotatable bonds is 3. The van der Waals surface area contributed by atoms with Crippen LogP contribution in [-0.2, 0) is 4.74 Å². The maximum Gasteiger partial charge on any atom is 0.345 e. The number of ether oxygens (including phenoxy) is 1. The molecule has 0 amide bonds. The Hall–Kier alpha value is -2.44. The summed E-state index contributed by atoms with van der Waals surface area (Å²) in [6.45, 7) is 1.80. The first-order valence-electron chi connectivity index (χ1n) is 4.92. The summed E-state index contributed by atoms with van der Waals surface area (Å²) in [6.07, 6.45) is 1.34. The van der Waals surface area contributed by atoms with Crippen molar-refractivity contribution in [3.05, 3.63) is 34.1 Å². The number of imidazole rings is 1. The fourth-order valence-corrected chi connectivity index (χ4v) is 1.55. The Morgan fingerprint density at radius 3 is 3.00 bits per heavy atom. The highest BCUT2D eigenvalue weighted by Crippen LogP contribution is 2.27. The highest BCUT2D eigenvalue weighted by molar-refractivity contribution is 6.01. The number of nitro benzene ring substituents is 1. The molecule has 1 heterocycles.